The summed E-state index contributed by atoms with van der Waals surface area (Å²) in [6, 6.07) is 8.80. The Hall–Kier alpha value is -0.340. The van der Waals surface area contributed by atoms with E-state index < -0.39 is 0 Å². The molecule has 2 atom stereocenters. The molecule has 0 heterocycles. The van der Waals surface area contributed by atoms with Gasteiger partial charge in [0.2, 0.25) is 0 Å². The summed E-state index contributed by atoms with van der Waals surface area (Å²) in [6.45, 7) is 0. The van der Waals surface area contributed by atoms with Crippen LogP contribution in [0.25, 0.3) is 0 Å². The molecule has 0 amide bonds. The summed E-state index contributed by atoms with van der Waals surface area (Å²) in [5, 5.41) is 0. The van der Waals surface area contributed by atoms with Crippen molar-refractivity contribution in [3.63, 3.8) is 0 Å². The van der Waals surface area contributed by atoms with E-state index in [4.69, 9.17) is 5.73 Å². The molecule has 1 aliphatic carbocycles. The lowest BCUT2D eigenvalue weighted by Crippen LogP contribution is -2.00. The zero-order valence-corrected chi connectivity index (χ0v) is 7.71. The van der Waals surface area contributed by atoms with Gasteiger partial charge in [0.25, 0.3) is 0 Å². The maximum atomic E-state index is 5.73. The Morgan fingerprint density at radius 2 is 2.18 bits per heavy atom. The van der Waals surface area contributed by atoms with Crippen molar-refractivity contribution in [2.24, 2.45) is 5.73 Å². The van der Waals surface area contributed by atoms with Crippen LogP contribution in [0.5, 0.6) is 0 Å². The normalized spacial score (nSPS) is 28.5. The first kappa shape index (κ1) is 7.32. The van der Waals surface area contributed by atoms with Gasteiger partial charge in [0.15, 0.2) is 0 Å². The van der Waals surface area contributed by atoms with Crippen LogP contribution in [0.1, 0.15) is 17.9 Å². The van der Waals surface area contributed by atoms with E-state index in [2.05, 4.69) is 34.1 Å². The molecule has 0 aliphatic heterocycles. The van der Waals surface area contributed by atoms with Crippen molar-refractivity contribution in [1.29, 1.82) is 0 Å². The van der Waals surface area contributed by atoms with Crippen LogP contribution >= 0.6 is 15.9 Å². The van der Waals surface area contributed by atoms with Crippen molar-refractivity contribution < 1.29 is 0 Å². The molecule has 1 aromatic carbocycles. The predicted octanol–water partition coefficient (Wildman–Crippen LogP) is 2.26. The highest BCUT2D eigenvalue weighted by Crippen LogP contribution is 2.39. The Labute approximate surface area is 74.7 Å². The van der Waals surface area contributed by atoms with Crippen molar-refractivity contribution in [1.82, 2.24) is 0 Å². The van der Waals surface area contributed by atoms with Crippen LogP contribution in [0, 0.1) is 0 Å². The van der Waals surface area contributed by atoms with E-state index >= 15 is 0 Å². The Kier molecular flexibility index (Phi) is 1.74. The molecule has 0 unspecified atom stereocenters. The molecule has 0 aromatic heterocycles. The zero-order chi connectivity index (χ0) is 7.84. The number of nitrogens with two attached hydrogens (primary N) is 1. The molecule has 1 fully saturated rings. The summed E-state index contributed by atoms with van der Waals surface area (Å²) in [6.07, 6.45) is 1.15. The summed E-state index contributed by atoms with van der Waals surface area (Å²) in [7, 11) is 0. The first-order chi connectivity index (χ1) is 5.27. The molecule has 0 spiro atoms. The van der Waals surface area contributed by atoms with Gasteiger partial charge in [-0.3, -0.25) is 0 Å². The quantitative estimate of drug-likeness (QED) is 0.759. The van der Waals surface area contributed by atoms with Crippen molar-refractivity contribution in [2.75, 3.05) is 0 Å². The summed E-state index contributed by atoms with van der Waals surface area (Å²) in [5.74, 6) is 0.618. The van der Waals surface area contributed by atoms with Gasteiger partial charge in [-0.05, 0) is 24.1 Å². The molecular weight excluding hydrogens is 202 g/mol. The Bertz CT molecular complexity index is 272. The molecule has 2 rings (SSSR count). The average Bonchev–Trinajstić information content (AvgIpc) is 2.67. The molecule has 0 bridgehead atoms. The lowest BCUT2D eigenvalue weighted by atomic mass is 10.1. The fourth-order valence-corrected chi connectivity index (χ4v) is 1.75. The molecule has 1 aromatic rings. The summed E-state index contributed by atoms with van der Waals surface area (Å²) in [5.41, 5.74) is 7.10. The van der Waals surface area contributed by atoms with Crippen LogP contribution in [-0.2, 0) is 0 Å². The molecule has 0 radical (unpaired) electrons. The van der Waals surface area contributed by atoms with Crippen molar-refractivity contribution >= 4 is 15.9 Å². The maximum Gasteiger partial charge on any atom is 0.0178 e. The SMILES string of the molecule is N[C@H]1C[C@H]1c1cccc(Br)c1. The number of benzene rings is 1. The van der Waals surface area contributed by atoms with Gasteiger partial charge < -0.3 is 5.73 Å². The molecule has 58 valence electrons. The van der Waals surface area contributed by atoms with Crippen LogP contribution in [0.3, 0.4) is 0 Å². The zero-order valence-electron chi connectivity index (χ0n) is 6.13. The third kappa shape index (κ3) is 1.47. The second-order valence-electron chi connectivity index (χ2n) is 3.06. The monoisotopic (exact) mass is 211 g/mol. The average molecular weight is 212 g/mol. The molecule has 2 heteroatoms. The van der Waals surface area contributed by atoms with E-state index in [1.807, 2.05) is 6.07 Å². The molecule has 1 saturated carbocycles. The molecule has 1 nitrogen and oxygen atoms in total. The highest BCUT2D eigenvalue weighted by atomic mass is 79.9. The van der Waals surface area contributed by atoms with Gasteiger partial charge in [0.1, 0.15) is 0 Å². The van der Waals surface area contributed by atoms with Gasteiger partial charge >= 0.3 is 0 Å². The van der Waals surface area contributed by atoms with E-state index in [0.717, 1.165) is 10.9 Å². The summed E-state index contributed by atoms with van der Waals surface area (Å²) < 4.78 is 1.15. The largest absolute Gasteiger partial charge is 0.327 e. The Morgan fingerprint density at radius 3 is 2.73 bits per heavy atom. The van der Waals surface area contributed by atoms with E-state index in [1.54, 1.807) is 0 Å². The van der Waals surface area contributed by atoms with Gasteiger partial charge in [-0.2, -0.15) is 0 Å². The van der Waals surface area contributed by atoms with Crippen LogP contribution in [0.4, 0.5) is 0 Å². The lowest BCUT2D eigenvalue weighted by Gasteiger charge is -1.97. The topological polar surface area (TPSA) is 26.0 Å². The second kappa shape index (κ2) is 2.61. The fourth-order valence-electron chi connectivity index (χ4n) is 1.34. The van der Waals surface area contributed by atoms with Crippen LogP contribution in [-0.4, -0.2) is 6.04 Å². The van der Waals surface area contributed by atoms with Crippen molar-refractivity contribution in [3.05, 3.63) is 34.3 Å². The van der Waals surface area contributed by atoms with E-state index in [1.165, 1.54) is 5.56 Å². The smallest absolute Gasteiger partial charge is 0.0178 e. The molecule has 1 aliphatic rings. The van der Waals surface area contributed by atoms with Crippen molar-refractivity contribution in [2.45, 2.75) is 18.4 Å². The van der Waals surface area contributed by atoms with Gasteiger partial charge in [0, 0.05) is 16.4 Å². The van der Waals surface area contributed by atoms with E-state index in [0.29, 0.717) is 12.0 Å². The highest BCUT2D eigenvalue weighted by Gasteiger charge is 2.34. The van der Waals surface area contributed by atoms with Crippen LogP contribution in [0.2, 0.25) is 0 Å². The number of rotatable bonds is 1. The first-order valence-electron chi connectivity index (χ1n) is 3.78. The third-order valence-corrected chi connectivity index (χ3v) is 2.61. The van der Waals surface area contributed by atoms with Crippen LogP contribution < -0.4 is 5.73 Å². The van der Waals surface area contributed by atoms with Gasteiger partial charge in [-0.25, -0.2) is 0 Å². The third-order valence-electron chi connectivity index (χ3n) is 2.12. The fraction of sp³-hybridized carbons (Fsp3) is 0.333. The number of hydrogen-bond donors (Lipinski definition) is 1. The number of halogens is 1. The minimum atomic E-state index is 0.407. The first-order valence-corrected chi connectivity index (χ1v) is 4.58. The van der Waals surface area contributed by atoms with E-state index in [-0.39, 0.29) is 0 Å². The lowest BCUT2D eigenvalue weighted by molar-refractivity contribution is 0.989. The maximum absolute atomic E-state index is 5.73. The molecular formula is C9H10BrN. The van der Waals surface area contributed by atoms with Crippen molar-refractivity contribution in [3.8, 4) is 0 Å². The Morgan fingerprint density at radius 1 is 1.45 bits per heavy atom. The predicted molar refractivity (Wildman–Crippen MR) is 49.5 cm³/mol. The summed E-state index contributed by atoms with van der Waals surface area (Å²) in [4.78, 5) is 0. The number of hydrogen-bond acceptors (Lipinski definition) is 1. The minimum Gasteiger partial charge on any atom is -0.327 e. The van der Waals surface area contributed by atoms with Crippen LogP contribution in [0.15, 0.2) is 28.7 Å². The van der Waals surface area contributed by atoms with Gasteiger partial charge in [-0.15, -0.1) is 0 Å². The molecule has 0 saturated heterocycles. The standard InChI is InChI=1S/C9H10BrN/c10-7-3-1-2-6(4-7)8-5-9(8)11/h1-4,8-9H,5,11H2/t8-,9-/m0/s1. The highest BCUT2D eigenvalue weighted by molar-refractivity contribution is 9.10. The Balaban J connectivity index is 2.25. The van der Waals surface area contributed by atoms with Gasteiger partial charge in [0.05, 0.1) is 0 Å². The van der Waals surface area contributed by atoms with E-state index in [9.17, 15) is 0 Å². The minimum absolute atomic E-state index is 0.407. The summed E-state index contributed by atoms with van der Waals surface area (Å²) >= 11 is 3.44. The molecule has 2 N–H and O–H groups in total. The molecule has 11 heavy (non-hydrogen) atoms. The second-order valence-corrected chi connectivity index (χ2v) is 3.98. The van der Waals surface area contributed by atoms with Gasteiger partial charge in [-0.1, -0.05) is 28.1 Å².